The first kappa shape index (κ1) is 10.3. The van der Waals surface area contributed by atoms with E-state index < -0.39 is 12.0 Å². The second-order valence-corrected chi connectivity index (χ2v) is 4.62. The van der Waals surface area contributed by atoms with Crippen molar-refractivity contribution in [3.63, 3.8) is 0 Å². The summed E-state index contributed by atoms with van der Waals surface area (Å²) in [6, 6.07) is 2.45. The van der Waals surface area contributed by atoms with Gasteiger partial charge in [0.25, 0.3) is 5.92 Å². The van der Waals surface area contributed by atoms with Crippen LogP contribution in [0.2, 0.25) is 10.3 Å². The Morgan fingerprint density at radius 1 is 1.44 bits per heavy atom. The Balaban J connectivity index is 2.21. The summed E-state index contributed by atoms with van der Waals surface area (Å²) >= 11 is 11.6. The molecule has 0 amide bonds. The molecule has 0 radical (unpaired) electrons. The Bertz CT molecular complexity index is 579. The molecule has 0 aliphatic heterocycles. The van der Waals surface area contributed by atoms with Crippen molar-refractivity contribution in [2.45, 2.75) is 18.4 Å². The second-order valence-electron chi connectivity index (χ2n) is 3.87. The third-order valence-corrected chi connectivity index (χ3v) is 3.25. The summed E-state index contributed by atoms with van der Waals surface area (Å²) in [5, 5.41) is 1.10. The van der Waals surface area contributed by atoms with Crippen LogP contribution in [0.15, 0.2) is 18.3 Å². The van der Waals surface area contributed by atoms with E-state index in [0.29, 0.717) is 10.9 Å². The molecule has 2 nitrogen and oxygen atoms in total. The minimum absolute atomic E-state index is 0.131. The highest BCUT2D eigenvalue weighted by Gasteiger charge is 2.58. The highest BCUT2D eigenvalue weighted by Crippen LogP contribution is 2.53. The molecule has 16 heavy (non-hydrogen) atoms. The van der Waals surface area contributed by atoms with E-state index in [9.17, 15) is 8.78 Å². The molecule has 2 heterocycles. The van der Waals surface area contributed by atoms with Gasteiger partial charge in [-0.1, -0.05) is 23.2 Å². The third kappa shape index (κ3) is 1.40. The Morgan fingerprint density at radius 2 is 2.12 bits per heavy atom. The summed E-state index contributed by atoms with van der Waals surface area (Å²) in [7, 11) is 0. The fourth-order valence-corrected chi connectivity index (χ4v) is 2.34. The number of halogens is 4. The zero-order valence-corrected chi connectivity index (χ0v) is 9.43. The average Bonchev–Trinajstić information content (AvgIpc) is 2.64. The van der Waals surface area contributed by atoms with Gasteiger partial charge in [-0.3, -0.25) is 0 Å². The molecule has 0 saturated heterocycles. The SMILES string of the molecule is FC1(F)CC1n1ccc2c(Cl)nc(Cl)cc21. The van der Waals surface area contributed by atoms with Gasteiger partial charge in [-0.05, 0) is 12.1 Å². The van der Waals surface area contributed by atoms with E-state index in [2.05, 4.69) is 4.98 Å². The van der Waals surface area contributed by atoms with Gasteiger partial charge in [0.05, 0.1) is 5.52 Å². The summed E-state index contributed by atoms with van der Waals surface area (Å²) in [4.78, 5) is 3.86. The molecule has 2 aromatic rings. The van der Waals surface area contributed by atoms with E-state index in [1.165, 1.54) is 4.57 Å². The molecule has 0 bridgehead atoms. The van der Waals surface area contributed by atoms with Gasteiger partial charge < -0.3 is 4.57 Å². The van der Waals surface area contributed by atoms with Crippen molar-refractivity contribution < 1.29 is 8.78 Å². The van der Waals surface area contributed by atoms with Crippen molar-refractivity contribution in [1.82, 2.24) is 9.55 Å². The maximum Gasteiger partial charge on any atom is 0.270 e. The van der Waals surface area contributed by atoms with Crippen molar-refractivity contribution in [3.05, 3.63) is 28.6 Å². The van der Waals surface area contributed by atoms with E-state index in [1.807, 2.05) is 0 Å². The lowest BCUT2D eigenvalue weighted by Gasteiger charge is -2.04. The molecule has 1 unspecified atom stereocenters. The number of hydrogen-bond donors (Lipinski definition) is 0. The molecule has 1 aliphatic rings. The predicted octanol–water partition coefficient (Wildman–Crippen LogP) is 3.92. The maximum absolute atomic E-state index is 13.0. The summed E-state index contributed by atoms with van der Waals surface area (Å²) in [5.41, 5.74) is 0.604. The van der Waals surface area contributed by atoms with Crippen LogP contribution in [-0.2, 0) is 0 Å². The number of aromatic nitrogens is 2. The van der Waals surface area contributed by atoms with Crippen LogP contribution in [-0.4, -0.2) is 15.5 Å². The Hall–Kier alpha value is -0.870. The van der Waals surface area contributed by atoms with Crippen molar-refractivity contribution >= 4 is 34.1 Å². The topological polar surface area (TPSA) is 17.8 Å². The molecule has 0 aromatic carbocycles. The van der Waals surface area contributed by atoms with E-state index in [1.54, 1.807) is 18.3 Å². The van der Waals surface area contributed by atoms with Gasteiger partial charge in [0.15, 0.2) is 0 Å². The van der Waals surface area contributed by atoms with Crippen LogP contribution in [0.25, 0.3) is 10.9 Å². The second kappa shape index (κ2) is 3.08. The highest BCUT2D eigenvalue weighted by atomic mass is 35.5. The summed E-state index contributed by atoms with van der Waals surface area (Å²) < 4.78 is 27.5. The molecule has 1 saturated carbocycles. The van der Waals surface area contributed by atoms with Crippen molar-refractivity contribution in [2.75, 3.05) is 0 Å². The van der Waals surface area contributed by atoms with Crippen molar-refractivity contribution in [3.8, 4) is 0 Å². The molecule has 1 atom stereocenters. The Kier molecular flexibility index (Phi) is 1.98. The van der Waals surface area contributed by atoms with Gasteiger partial charge >= 0.3 is 0 Å². The number of pyridine rings is 1. The van der Waals surface area contributed by atoms with Gasteiger partial charge in [0.1, 0.15) is 16.3 Å². The Morgan fingerprint density at radius 3 is 2.75 bits per heavy atom. The largest absolute Gasteiger partial charge is 0.338 e. The van der Waals surface area contributed by atoms with Crippen LogP contribution in [0.3, 0.4) is 0 Å². The lowest BCUT2D eigenvalue weighted by molar-refractivity contribution is 0.102. The first-order valence-electron chi connectivity index (χ1n) is 4.69. The first-order valence-corrected chi connectivity index (χ1v) is 5.45. The Labute approximate surface area is 99.8 Å². The van der Waals surface area contributed by atoms with Crippen LogP contribution in [0, 0.1) is 0 Å². The fraction of sp³-hybridized carbons (Fsp3) is 0.300. The zero-order valence-electron chi connectivity index (χ0n) is 7.92. The van der Waals surface area contributed by atoms with Crippen molar-refractivity contribution in [1.29, 1.82) is 0 Å². The van der Waals surface area contributed by atoms with E-state index in [-0.39, 0.29) is 16.7 Å². The highest BCUT2D eigenvalue weighted by molar-refractivity contribution is 6.36. The molecule has 2 aromatic heterocycles. The van der Waals surface area contributed by atoms with Crippen LogP contribution >= 0.6 is 23.2 Å². The molecular weight excluding hydrogens is 257 g/mol. The first-order chi connectivity index (χ1) is 7.49. The minimum atomic E-state index is -2.62. The summed E-state index contributed by atoms with van der Waals surface area (Å²) in [5.74, 6) is -2.62. The summed E-state index contributed by atoms with van der Waals surface area (Å²) in [6.45, 7) is 0. The minimum Gasteiger partial charge on any atom is -0.338 e. The smallest absolute Gasteiger partial charge is 0.270 e. The van der Waals surface area contributed by atoms with E-state index >= 15 is 0 Å². The molecule has 84 valence electrons. The molecule has 1 aliphatic carbocycles. The molecule has 0 spiro atoms. The number of nitrogens with zero attached hydrogens (tertiary/aromatic N) is 2. The molecule has 3 rings (SSSR count). The van der Waals surface area contributed by atoms with Gasteiger partial charge in [0, 0.05) is 18.0 Å². The lowest BCUT2D eigenvalue weighted by atomic mass is 10.3. The van der Waals surface area contributed by atoms with Gasteiger partial charge in [-0.15, -0.1) is 0 Å². The van der Waals surface area contributed by atoms with Crippen molar-refractivity contribution in [2.24, 2.45) is 0 Å². The summed E-state index contributed by atoms with van der Waals surface area (Å²) in [6.07, 6.45) is 1.47. The average molecular weight is 263 g/mol. The van der Waals surface area contributed by atoms with Crippen LogP contribution in [0.5, 0.6) is 0 Å². The molecule has 0 N–H and O–H groups in total. The molecule has 6 heteroatoms. The van der Waals surface area contributed by atoms with E-state index in [0.717, 1.165) is 0 Å². The monoisotopic (exact) mass is 262 g/mol. The van der Waals surface area contributed by atoms with Crippen LogP contribution < -0.4 is 0 Å². The number of alkyl halides is 2. The normalized spacial score (nSPS) is 22.6. The van der Waals surface area contributed by atoms with Gasteiger partial charge in [-0.25, -0.2) is 13.8 Å². The number of rotatable bonds is 1. The fourth-order valence-electron chi connectivity index (χ4n) is 1.86. The zero-order chi connectivity index (χ0) is 11.5. The van der Waals surface area contributed by atoms with Gasteiger partial charge in [-0.2, -0.15) is 0 Å². The standard InChI is InChI=1S/C10H6Cl2F2N2/c11-8-3-6-5(9(12)15-8)1-2-16(6)7-4-10(7,13)14/h1-3,7H,4H2. The predicted molar refractivity (Wildman–Crippen MR) is 58.4 cm³/mol. The third-order valence-electron chi connectivity index (χ3n) is 2.77. The van der Waals surface area contributed by atoms with E-state index in [4.69, 9.17) is 23.2 Å². The number of fused-ring (bicyclic) bond motifs is 1. The maximum atomic E-state index is 13.0. The van der Waals surface area contributed by atoms with Gasteiger partial charge in [0.2, 0.25) is 0 Å². The van der Waals surface area contributed by atoms with Crippen LogP contribution in [0.1, 0.15) is 12.5 Å². The van der Waals surface area contributed by atoms with Crippen LogP contribution in [0.4, 0.5) is 8.78 Å². The lowest BCUT2D eigenvalue weighted by Crippen LogP contribution is -2.00. The molecule has 1 fully saturated rings. The quantitative estimate of drug-likeness (QED) is 0.713. The molecular formula is C10H6Cl2F2N2. The number of hydrogen-bond acceptors (Lipinski definition) is 1.